The van der Waals surface area contributed by atoms with E-state index in [4.69, 9.17) is 0 Å². The maximum atomic E-state index is 12.8. The highest BCUT2D eigenvalue weighted by Crippen LogP contribution is 2.29. The zero-order valence-electron chi connectivity index (χ0n) is 20.5. The Kier molecular flexibility index (Phi) is 7.16. The number of fused-ring (bicyclic) bond motifs is 2. The summed E-state index contributed by atoms with van der Waals surface area (Å²) in [6, 6.07) is 30.1. The number of rotatable bonds is 7. The molecule has 190 valence electrons. The molecular weight excluding hydrogens is 572 g/mol. The van der Waals surface area contributed by atoms with Crippen LogP contribution in [0, 0.1) is 0 Å². The first-order valence-corrected chi connectivity index (χ1v) is 13.9. The molecule has 0 saturated carbocycles. The van der Waals surface area contributed by atoms with Crippen molar-refractivity contribution in [2.24, 2.45) is 5.10 Å². The van der Waals surface area contributed by atoms with Crippen molar-refractivity contribution < 1.29 is 4.79 Å². The van der Waals surface area contributed by atoms with Gasteiger partial charge in [0.15, 0.2) is 11.0 Å². The van der Waals surface area contributed by atoms with Gasteiger partial charge in [0.25, 0.3) is 5.91 Å². The summed E-state index contributed by atoms with van der Waals surface area (Å²) in [6.07, 6.45) is 5.15. The van der Waals surface area contributed by atoms with E-state index in [1.54, 1.807) is 18.6 Å². The van der Waals surface area contributed by atoms with Gasteiger partial charge in [0.1, 0.15) is 0 Å². The van der Waals surface area contributed by atoms with E-state index < -0.39 is 0 Å². The molecule has 6 aromatic rings. The molecule has 39 heavy (non-hydrogen) atoms. The van der Waals surface area contributed by atoms with Gasteiger partial charge < -0.3 is 0 Å². The molecule has 1 N–H and O–H groups in total. The first-order chi connectivity index (χ1) is 19.2. The summed E-state index contributed by atoms with van der Waals surface area (Å²) in [5.41, 5.74) is 5.41. The van der Waals surface area contributed by atoms with Gasteiger partial charge in [-0.2, -0.15) is 5.10 Å². The second-order valence-electron chi connectivity index (χ2n) is 8.67. The first kappa shape index (κ1) is 25.0. The lowest BCUT2D eigenvalue weighted by molar-refractivity contribution is -0.118. The quantitative estimate of drug-likeness (QED) is 0.0971. The van der Waals surface area contributed by atoms with Gasteiger partial charge >= 0.3 is 0 Å². The van der Waals surface area contributed by atoms with E-state index in [1.165, 1.54) is 11.8 Å². The van der Waals surface area contributed by atoms with Crippen LogP contribution in [0.4, 0.5) is 0 Å². The normalized spacial score (nSPS) is 11.4. The van der Waals surface area contributed by atoms with Gasteiger partial charge in [-0.15, -0.1) is 10.2 Å². The highest BCUT2D eigenvalue weighted by Gasteiger charge is 2.17. The van der Waals surface area contributed by atoms with Crippen molar-refractivity contribution in [2.45, 2.75) is 5.16 Å². The number of amides is 1. The second kappa shape index (κ2) is 11.2. The molecule has 2 aromatic heterocycles. The van der Waals surface area contributed by atoms with E-state index in [-0.39, 0.29) is 11.7 Å². The predicted octanol–water partition coefficient (Wildman–Crippen LogP) is 6.64. The van der Waals surface area contributed by atoms with Crippen LogP contribution in [-0.2, 0) is 4.79 Å². The lowest BCUT2D eigenvalue weighted by Crippen LogP contribution is -2.20. The van der Waals surface area contributed by atoms with Gasteiger partial charge in [-0.25, -0.2) is 5.43 Å². The molecule has 2 heterocycles. The number of benzene rings is 4. The molecule has 0 bridgehead atoms. The van der Waals surface area contributed by atoms with Gasteiger partial charge in [0.2, 0.25) is 0 Å². The monoisotopic (exact) mass is 592 g/mol. The number of hydrogen-bond acceptors (Lipinski definition) is 6. The SMILES string of the molecule is O=C(CSc1nnc(-c2ccncc2)n1-c1ccc(Br)cc1)NN=Cc1c2ccccc2cc2ccccc12. The lowest BCUT2D eigenvalue weighted by Gasteiger charge is -2.10. The van der Waals surface area contributed by atoms with Crippen LogP contribution in [-0.4, -0.2) is 37.6 Å². The zero-order valence-corrected chi connectivity index (χ0v) is 22.9. The summed E-state index contributed by atoms with van der Waals surface area (Å²) in [4.78, 5) is 16.9. The molecule has 0 fully saturated rings. The summed E-state index contributed by atoms with van der Waals surface area (Å²) < 4.78 is 2.90. The number of nitrogens with one attached hydrogen (secondary N) is 1. The van der Waals surface area contributed by atoms with Crippen molar-refractivity contribution in [2.75, 3.05) is 5.75 Å². The smallest absolute Gasteiger partial charge is 0.250 e. The van der Waals surface area contributed by atoms with E-state index in [2.05, 4.69) is 72.0 Å². The first-order valence-electron chi connectivity index (χ1n) is 12.1. The Hall–Kier alpha value is -4.34. The number of carbonyl (C=O) groups excluding carboxylic acids is 1. The third-order valence-electron chi connectivity index (χ3n) is 6.18. The molecule has 4 aromatic carbocycles. The maximum Gasteiger partial charge on any atom is 0.250 e. The van der Waals surface area contributed by atoms with E-state index >= 15 is 0 Å². The number of aromatic nitrogens is 4. The molecule has 7 nitrogen and oxygen atoms in total. The Labute approximate surface area is 237 Å². The highest BCUT2D eigenvalue weighted by molar-refractivity contribution is 9.10. The topological polar surface area (TPSA) is 85.1 Å². The minimum absolute atomic E-state index is 0.124. The summed E-state index contributed by atoms with van der Waals surface area (Å²) in [5.74, 6) is 0.554. The fraction of sp³-hybridized carbons (Fsp3) is 0.0333. The lowest BCUT2D eigenvalue weighted by atomic mass is 9.97. The molecule has 0 saturated heterocycles. The number of nitrogens with zero attached hydrogens (tertiary/aromatic N) is 5. The van der Waals surface area contributed by atoms with Crippen LogP contribution in [0.1, 0.15) is 5.56 Å². The van der Waals surface area contributed by atoms with E-state index in [0.717, 1.165) is 42.8 Å². The van der Waals surface area contributed by atoms with Crippen LogP contribution >= 0.6 is 27.7 Å². The summed E-state index contributed by atoms with van der Waals surface area (Å²) in [6.45, 7) is 0. The Balaban J connectivity index is 1.22. The number of hydrogen-bond donors (Lipinski definition) is 1. The van der Waals surface area contributed by atoms with Crippen molar-refractivity contribution in [1.82, 2.24) is 25.2 Å². The van der Waals surface area contributed by atoms with E-state index in [9.17, 15) is 4.79 Å². The van der Waals surface area contributed by atoms with Crippen LogP contribution in [0.3, 0.4) is 0 Å². The van der Waals surface area contributed by atoms with Gasteiger partial charge in [-0.1, -0.05) is 76.2 Å². The van der Waals surface area contributed by atoms with Crippen LogP contribution in [0.2, 0.25) is 0 Å². The number of pyridine rings is 1. The molecule has 0 spiro atoms. The fourth-order valence-corrected chi connectivity index (χ4v) is 5.40. The number of thioether (sulfide) groups is 1. The highest BCUT2D eigenvalue weighted by atomic mass is 79.9. The standard InChI is InChI=1S/C30H21BrN6OS/c31-23-9-11-24(12-10-23)37-29(20-13-15-32-16-14-20)35-36-30(37)39-19-28(38)34-33-18-27-25-7-3-1-5-21(25)17-22-6-2-4-8-26(22)27/h1-18H,19H2,(H,34,38). The average molecular weight is 594 g/mol. The maximum absolute atomic E-state index is 12.8. The minimum Gasteiger partial charge on any atom is -0.272 e. The van der Waals surface area contributed by atoms with Crippen molar-refractivity contribution in [3.63, 3.8) is 0 Å². The van der Waals surface area contributed by atoms with Crippen LogP contribution in [0.25, 0.3) is 38.6 Å². The van der Waals surface area contributed by atoms with Gasteiger partial charge in [0.05, 0.1) is 12.0 Å². The molecule has 0 aliphatic heterocycles. The molecule has 0 unspecified atom stereocenters. The van der Waals surface area contributed by atoms with Crippen LogP contribution in [0.5, 0.6) is 0 Å². The zero-order chi connectivity index (χ0) is 26.6. The molecule has 0 aliphatic rings. The van der Waals surface area contributed by atoms with Crippen molar-refractivity contribution >= 4 is 61.4 Å². The van der Waals surface area contributed by atoms with Gasteiger partial charge in [-0.3, -0.25) is 14.3 Å². The Morgan fingerprint density at radius 3 is 2.26 bits per heavy atom. The van der Waals surface area contributed by atoms with E-state index in [0.29, 0.717) is 11.0 Å². The Morgan fingerprint density at radius 2 is 1.56 bits per heavy atom. The molecule has 0 aliphatic carbocycles. The van der Waals surface area contributed by atoms with Gasteiger partial charge in [-0.05, 0) is 64.0 Å². The minimum atomic E-state index is -0.239. The molecule has 1 amide bonds. The third-order valence-corrected chi connectivity index (χ3v) is 7.64. The van der Waals surface area contributed by atoms with Gasteiger partial charge in [0, 0.05) is 33.7 Å². The van der Waals surface area contributed by atoms with Crippen molar-refractivity contribution in [1.29, 1.82) is 0 Å². The van der Waals surface area contributed by atoms with E-state index in [1.807, 2.05) is 65.2 Å². The second-order valence-corrected chi connectivity index (χ2v) is 10.5. The average Bonchev–Trinajstić information content (AvgIpc) is 3.40. The molecule has 0 atom stereocenters. The predicted molar refractivity (Wildman–Crippen MR) is 160 cm³/mol. The largest absolute Gasteiger partial charge is 0.272 e. The van der Waals surface area contributed by atoms with Crippen molar-refractivity contribution in [3.8, 4) is 17.1 Å². The summed E-state index contributed by atoms with van der Waals surface area (Å²) in [5, 5.41) is 18.1. The molecule has 0 radical (unpaired) electrons. The Morgan fingerprint density at radius 1 is 0.897 bits per heavy atom. The summed E-state index contributed by atoms with van der Waals surface area (Å²) >= 11 is 4.78. The molecular formula is C30H21BrN6OS. The fourth-order valence-electron chi connectivity index (χ4n) is 4.39. The van der Waals surface area contributed by atoms with Crippen LogP contribution < -0.4 is 5.43 Å². The Bertz CT molecular complexity index is 1770. The molecule has 9 heteroatoms. The molecule has 6 rings (SSSR count). The van der Waals surface area contributed by atoms with Crippen LogP contribution in [0.15, 0.2) is 118 Å². The summed E-state index contributed by atoms with van der Waals surface area (Å²) in [7, 11) is 0. The number of hydrazone groups is 1. The number of carbonyl (C=O) groups is 1. The number of halogens is 1. The van der Waals surface area contributed by atoms with Crippen molar-refractivity contribution in [3.05, 3.63) is 113 Å². The third kappa shape index (κ3) is 5.32.